The summed E-state index contributed by atoms with van der Waals surface area (Å²) in [4.78, 5) is 0.108. The lowest BCUT2D eigenvalue weighted by atomic mass is 10.1. The van der Waals surface area contributed by atoms with Gasteiger partial charge in [0.05, 0.1) is 12.6 Å². The predicted octanol–water partition coefficient (Wildman–Crippen LogP) is 2.71. The minimum absolute atomic E-state index is 0. The number of aliphatic hydroxyl groups is 1. The van der Waals surface area contributed by atoms with Crippen LogP contribution in [0.5, 0.6) is 0 Å². The molecule has 92 valence electrons. The molecule has 0 aliphatic rings. The van der Waals surface area contributed by atoms with Crippen LogP contribution in [0, 0.1) is 0 Å². The van der Waals surface area contributed by atoms with Crippen LogP contribution in [0.4, 0.5) is 13.2 Å². The van der Waals surface area contributed by atoms with Gasteiger partial charge in [-0.2, -0.15) is 13.2 Å². The van der Waals surface area contributed by atoms with Crippen molar-refractivity contribution in [1.82, 2.24) is 0 Å². The number of rotatable bonds is 3. The molecule has 0 saturated carbocycles. The summed E-state index contributed by atoms with van der Waals surface area (Å²) in [5.41, 5.74) is 1.83. The Morgan fingerprint density at radius 1 is 1.25 bits per heavy atom. The van der Waals surface area contributed by atoms with E-state index in [2.05, 4.69) is 0 Å². The average molecular weight is 274 g/mol. The zero-order chi connectivity index (χ0) is 11.5. The standard InChI is InChI=1S/C9H10F3NOS.ClH/c10-9(11,12)15-7-3-1-6(2-4-7)8(13)5-14;/h1-4,8,14H,5,13H2;1H/t8-;/m1./s1. The van der Waals surface area contributed by atoms with Crippen LogP contribution in [-0.4, -0.2) is 17.2 Å². The summed E-state index contributed by atoms with van der Waals surface area (Å²) in [6.07, 6.45) is 0. The molecule has 0 unspecified atom stereocenters. The van der Waals surface area contributed by atoms with Gasteiger partial charge in [0.2, 0.25) is 0 Å². The van der Waals surface area contributed by atoms with Gasteiger partial charge in [0.25, 0.3) is 0 Å². The molecule has 1 rings (SSSR count). The molecule has 7 heteroatoms. The Morgan fingerprint density at radius 2 is 1.75 bits per heavy atom. The van der Waals surface area contributed by atoms with E-state index in [4.69, 9.17) is 10.8 Å². The lowest BCUT2D eigenvalue weighted by Crippen LogP contribution is -2.14. The summed E-state index contributed by atoms with van der Waals surface area (Å²) in [7, 11) is 0. The van der Waals surface area contributed by atoms with Gasteiger partial charge in [-0.15, -0.1) is 12.4 Å². The van der Waals surface area contributed by atoms with E-state index in [1.54, 1.807) is 0 Å². The lowest BCUT2D eigenvalue weighted by molar-refractivity contribution is -0.0328. The highest BCUT2D eigenvalue weighted by Crippen LogP contribution is 2.36. The predicted molar refractivity (Wildman–Crippen MR) is 59.6 cm³/mol. The number of aliphatic hydroxyl groups excluding tert-OH is 1. The van der Waals surface area contributed by atoms with Gasteiger partial charge in [-0.3, -0.25) is 0 Å². The lowest BCUT2D eigenvalue weighted by Gasteiger charge is -2.09. The van der Waals surface area contributed by atoms with Crippen molar-refractivity contribution in [2.24, 2.45) is 5.73 Å². The highest BCUT2D eigenvalue weighted by molar-refractivity contribution is 8.00. The van der Waals surface area contributed by atoms with Crippen LogP contribution in [0.15, 0.2) is 29.2 Å². The first-order chi connectivity index (χ1) is 6.92. The quantitative estimate of drug-likeness (QED) is 0.833. The van der Waals surface area contributed by atoms with Gasteiger partial charge in [0, 0.05) is 4.90 Å². The Balaban J connectivity index is 0.00000225. The van der Waals surface area contributed by atoms with E-state index in [1.165, 1.54) is 24.3 Å². The maximum Gasteiger partial charge on any atom is 0.446 e. The average Bonchev–Trinajstić information content (AvgIpc) is 2.15. The van der Waals surface area contributed by atoms with Crippen LogP contribution in [0.1, 0.15) is 11.6 Å². The number of hydrogen-bond acceptors (Lipinski definition) is 3. The topological polar surface area (TPSA) is 46.2 Å². The van der Waals surface area contributed by atoms with Crippen LogP contribution in [-0.2, 0) is 0 Å². The van der Waals surface area contributed by atoms with Crippen LogP contribution in [0.2, 0.25) is 0 Å². The van der Waals surface area contributed by atoms with Gasteiger partial charge in [-0.1, -0.05) is 12.1 Å². The maximum atomic E-state index is 12.0. The third-order valence-electron chi connectivity index (χ3n) is 1.74. The van der Waals surface area contributed by atoms with Crippen LogP contribution in [0.25, 0.3) is 0 Å². The van der Waals surface area contributed by atoms with Crippen molar-refractivity contribution in [2.45, 2.75) is 16.4 Å². The number of halogens is 4. The Bertz CT molecular complexity index is 318. The van der Waals surface area contributed by atoms with E-state index in [1.807, 2.05) is 0 Å². The number of nitrogens with two attached hydrogens (primary N) is 1. The van der Waals surface area contributed by atoms with Crippen LogP contribution < -0.4 is 5.73 Å². The summed E-state index contributed by atoms with van der Waals surface area (Å²) < 4.78 is 35.9. The molecule has 0 saturated heterocycles. The molecule has 2 nitrogen and oxygen atoms in total. The number of thioether (sulfide) groups is 1. The van der Waals surface area contributed by atoms with Crippen LogP contribution in [0.3, 0.4) is 0 Å². The number of benzene rings is 1. The molecule has 3 N–H and O–H groups in total. The molecular formula is C9H11ClF3NOS. The maximum absolute atomic E-state index is 12.0. The molecular weight excluding hydrogens is 263 g/mol. The molecule has 0 bridgehead atoms. The second kappa shape index (κ2) is 6.34. The molecule has 0 amide bonds. The third kappa shape index (κ3) is 5.07. The summed E-state index contributed by atoms with van der Waals surface area (Å²) in [5.74, 6) is 0. The second-order valence-corrected chi connectivity index (χ2v) is 4.04. The smallest absolute Gasteiger partial charge is 0.394 e. The third-order valence-corrected chi connectivity index (χ3v) is 2.48. The molecule has 0 heterocycles. The summed E-state index contributed by atoms with van der Waals surface area (Å²) >= 11 is -0.175. The molecule has 0 fully saturated rings. The highest BCUT2D eigenvalue weighted by atomic mass is 35.5. The fourth-order valence-corrected chi connectivity index (χ4v) is 1.56. The van der Waals surface area contributed by atoms with Crippen molar-refractivity contribution < 1.29 is 18.3 Å². The van der Waals surface area contributed by atoms with Crippen molar-refractivity contribution in [3.63, 3.8) is 0 Å². The van der Waals surface area contributed by atoms with E-state index in [0.29, 0.717) is 5.56 Å². The largest absolute Gasteiger partial charge is 0.446 e. The fourth-order valence-electron chi connectivity index (χ4n) is 1.02. The summed E-state index contributed by atoms with van der Waals surface area (Å²) in [5, 5.41) is 8.73. The van der Waals surface area contributed by atoms with Gasteiger partial charge in [0.15, 0.2) is 0 Å². The van der Waals surface area contributed by atoms with Crippen molar-refractivity contribution in [3.05, 3.63) is 29.8 Å². The van der Waals surface area contributed by atoms with Gasteiger partial charge in [-0.05, 0) is 29.5 Å². The van der Waals surface area contributed by atoms with Crippen molar-refractivity contribution in [1.29, 1.82) is 0 Å². The first kappa shape index (κ1) is 15.6. The summed E-state index contributed by atoms with van der Waals surface area (Å²) in [6, 6.07) is 5.09. The van der Waals surface area contributed by atoms with E-state index < -0.39 is 11.6 Å². The molecule has 1 aromatic carbocycles. The molecule has 0 aromatic heterocycles. The van der Waals surface area contributed by atoms with Crippen molar-refractivity contribution in [3.8, 4) is 0 Å². The number of hydrogen-bond donors (Lipinski definition) is 2. The van der Waals surface area contributed by atoms with Gasteiger partial charge < -0.3 is 10.8 Å². The Hall–Kier alpha value is -0.430. The first-order valence-corrected chi connectivity index (χ1v) is 4.96. The van der Waals surface area contributed by atoms with E-state index in [9.17, 15) is 13.2 Å². The molecule has 0 aliphatic carbocycles. The van der Waals surface area contributed by atoms with E-state index in [0.717, 1.165) is 0 Å². The Labute approximate surface area is 101 Å². The molecule has 0 radical (unpaired) electrons. The van der Waals surface area contributed by atoms with E-state index in [-0.39, 0.29) is 35.7 Å². The second-order valence-electron chi connectivity index (χ2n) is 2.91. The first-order valence-electron chi connectivity index (χ1n) is 4.14. The monoisotopic (exact) mass is 273 g/mol. The van der Waals surface area contributed by atoms with Crippen molar-refractivity contribution >= 4 is 24.2 Å². The van der Waals surface area contributed by atoms with Gasteiger partial charge >= 0.3 is 5.51 Å². The molecule has 1 atom stereocenters. The minimum atomic E-state index is -4.28. The SMILES string of the molecule is Cl.N[C@H](CO)c1ccc(SC(F)(F)F)cc1. The van der Waals surface area contributed by atoms with E-state index >= 15 is 0 Å². The van der Waals surface area contributed by atoms with Crippen LogP contribution >= 0.6 is 24.2 Å². The molecule has 0 spiro atoms. The minimum Gasteiger partial charge on any atom is -0.394 e. The van der Waals surface area contributed by atoms with Crippen molar-refractivity contribution in [2.75, 3.05) is 6.61 Å². The molecule has 16 heavy (non-hydrogen) atoms. The Morgan fingerprint density at radius 3 is 2.12 bits per heavy atom. The highest BCUT2D eigenvalue weighted by Gasteiger charge is 2.29. The normalized spacial score (nSPS) is 13.1. The van der Waals surface area contributed by atoms with Gasteiger partial charge in [-0.25, -0.2) is 0 Å². The molecule has 0 aliphatic heterocycles. The summed E-state index contributed by atoms with van der Waals surface area (Å²) in [6.45, 7) is -0.230. The molecule has 1 aromatic rings. The van der Waals surface area contributed by atoms with Gasteiger partial charge in [0.1, 0.15) is 0 Å². The Kier molecular flexibility index (Phi) is 6.17. The zero-order valence-corrected chi connectivity index (χ0v) is 9.70. The number of alkyl halides is 3. The fraction of sp³-hybridized carbons (Fsp3) is 0.333. The zero-order valence-electron chi connectivity index (χ0n) is 8.07.